The van der Waals surface area contributed by atoms with Gasteiger partial charge in [0.2, 0.25) is 0 Å². The Hall–Kier alpha value is -2.02. The van der Waals surface area contributed by atoms with Gasteiger partial charge in [-0.2, -0.15) is 5.26 Å². The monoisotopic (exact) mass is 312 g/mol. The summed E-state index contributed by atoms with van der Waals surface area (Å²) in [5.41, 5.74) is 1.51. The summed E-state index contributed by atoms with van der Waals surface area (Å²) in [5.74, 6) is -0.0895. The number of nitriles is 1. The van der Waals surface area contributed by atoms with E-state index in [-0.39, 0.29) is 23.5 Å². The van der Waals surface area contributed by atoms with E-state index in [0.717, 1.165) is 18.4 Å². The highest BCUT2D eigenvalue weighted by Crippen LogP contribution is 2.57. The number of ether oxygens (including phenoxy) is 1. The minimum atomic E-state index is -0.517. The second-order valence-electron chi connectivity index (χ2n) is 7.82. The Labute approximate surface area is 138 Å². The van der Waals surface area contributed by atoms with E-state index in [9.17, 15) is 10.1 Å². The summed E-state index contributed by atoms with van der Waals surface area (Å²) in [7, 11) is 0. The zero-order chi connectivity index (χ0) is 16.8. The third kappa shape index (κ3) is 2.81. The Morgan fingerprint density at radius 1 is 1.30 bits per heavy atom. The third-order valence-electron chi connectivity index (χ3n) is 4.92. The predicted octanol–water partition coefficient (Wildman–Crippen LogP) is 4.00. The molecule has 1 saturated carbocycles. The van der Waals surface area contributed by atoms with E-state index < -0.39 is 5.60 Å². The summed E-state index contributed by atoms with van der Waals surface area (Å²) < 4.78 is 5.57. The summed E-state index contributed by atoms with van der Waals surface area (Å²) in [5, 5.41) is 9.73. The fourth-order valence-electron chi connectivity index (χ4n) is 3.63. The molecule has 1 aliphatic carbocycles. The first kappa shape index (κ1) is 15.9. The molecule has 23 heavy (non-hydrogen) atoms. The molecule has 122 valence electrons. The molecule has 0 unspecified atom stereocenters. The maximum absolute atomic E-state index is 12.6. The number of hydrogen-bond donors (Lipinski definition) is 0. The average Bonchev–Trinajstić information content (AvgIpc) is 3.15. The van der Waals surface area contributed by atoms with Crippen LogP contribution in [0.3, 0.4) is 0 Å². The molecule has 1 saturated heterocycles. The van der Waals surface area contributed by atoms with Crippen molar-refractivity contribution in [3.05, 3.63) is 35.4 Å². The topological polar surface area (TPSA) is 53.3 Å². The van der Waals surface area contributed by atoms with Gasteiger partial charge in [0.05, 0.1) is 17.5 Å². The van der Waals surface area contributed by atoms with Crippen molar-refractivity contribution < 1.29 is 9.53 Å². The number of nitrogens with zero attached hydrogens (tertiary/aromatic N) is 2. The van der Waals surface area contributed by atoms with E-state index in [2.05, 4.69) is 37.3 Å². The van der Waals surface area contributed by atoms with Gasteiger partial charge in [-0.1, -0.05) is 29.8 Å². The number of carbonyl (C=O) groups excluding carboxylic acids is 1. The van der Waals surface area contributed by atoms with Gasteiger partial charge in [-0.15, -0.1) is 0 Å². The van der Waals surface area contributed by atoms with Crippen LogP contribution in [0.15, 0.2) is 24.3 Å². The largest absolute Gasteiger partial charge is 0.444 e. The molecule has 2 atom stereocenters. The molecule has 1 aliphatic heterocycles. The van der Waals surface area contributed by atoms with Crippen molar-refractivity contribution in [2.45, 2.75) is 57.6 Å². The number of aryl methyl sites for hydroxylation is 1. The molecule has 1 heterocycles. The van der Waals surface area contributed by atoms with Gasteiger partial charge in [0, 0.05) is 12.5 Å². The van der Waals surface area contributed by atoms with Crippen molar-refractivity contribution in [1.29, 1.82) is 5.26 Å². The zero-order valence-corrected chi connectivity index (χ0v) is 14.3. The summed E-state index contributed by atoms with van der Waals surface area (Å²) in [6.45, 7) is 8.24. The van der Waals surface area contributed by atoms with Crippen molar-refractivity contribution in [3.63, 3.8) is 0 Å². The van der Waals surface area contributed by atoms with Crippen LogP contribution in [-0.2, 0) is 4.74 Å². The van der Waals surface area contributed by atoms with Gasteiger partial charge < -0.3 is 9.64 Å². The van der Waals surface area contributed by atoms with E-state index >= 15 is 0 Å². The molecule has 2 fully saturated rings. The van der Waals surface area contributed by atoms with E-state index in [1.165, 1.54) is 5.56 Å². The lowest BCUT2D eigenvalue weighted by atomic mass is 9.85. The lowest BCUT2D eigenvalue weighted by molar-refractivity contribution is 0.0190. The molecule has 0 aromatic heterocycles. The first-order chi connectivity index (χ1) is 10.8. The molecular weight excluding hydrogens is 288 g/mol. The Morgan fingerprint density at radius 2 is 1.91 bits per heavy atom. The number of likely N-dealkylation sites (tertiary alicyclic amines) is 1. The molecule has 1 aromatic rings. The summed E-state index contributed by atoms with van der Waals surface area (Å²) in [6.07, 6.45) is 1.50. The standard InChI is InChI=1S/C19H24N2O2/c1-13-5-7-14(8-6-13)15-12-21(17(22)23-18(2,3)4)19(9-10-19)16(15)11-20/h5-8,15-16H,9-10,12H2,1-4H3/t15-,16-/m1/s1. The Bertz CT molecular complexity index is 647. The van der Waals surface area contributed by atoms with Crippen molar-refractivity contribution >= 4 is 6.09 Å². The van der Waals surface area contributed by atoms with Crippen LogP contribution in [-0.4, -0.2) is 28.7 Å². The summed E-state index contributed by atoms with van der Waals surface area (Å²) in [4.78, 5) is 14.4. The SMILES string of the molecule is Cc1ccc([C@H]2CN(C(=O)OC(C)(C)C)C3(CC3)[C@@H]2C#N)cc1. The van der Waals surface area contributed by atoms with Crippen LogP contribution in [0, 0.1) is 24.2 Å². The fourth-order valence-corrected chi connectivity index (χ4v) is 3.63. The molecule has 1 spiro atoms. The molecule has 2 aliphatic rings. The number of hydrogen-bond acceptors (Lipinski definition) is 3. The number of benzene rings is 1. The van der Waals surface area contributed by atoms with Gasteiger partial charge in [0.1, 0.15) is 5.60 Å². The Morgan fingerprint density at radius 3 is 2.39 bits per heavy atom. The van der Waals surface area contributed by atoms with Crippen LogP contribution < -0.4 is 0 Å². The van der Waals surface area contributed by atoms with E-state index in [1.807, 2.05) is 25.7 Å². The third-order valence-corrected chi connectivity index (χ3v) is 4.92. The molecule has 4 nitrogen and oxygen atoms in total. The molecule has 3 rings (SSSR count). The maximum atomic E-state index is 12.6. The molecule has 4 heteroatoms. The van der Waals surface area contributed by atoms with Gasteiger partial charge in [0.15, 0.2) is 0 Å². The van der Waals surface area contributed by atoms with Crippen molar-refractivity contribution in [2.75, 3.05) is 6.54 Å². The number of amides is 1. The highest BCUT2D eigenvalue weighted by Gasteiger charge is 2.64. The maximum Gasteiger partial charge on any atom is 0.410 e. The van der Waals surface area contributed by atoms with Gasteiger partial charge >= 0.3 is 6.09 Å². The van der Waals surface area contributed by atoms with Crippen molar-refractivity contribution in [2.24, 2.45) is 5.92 Å². The van der Waals surface area contributed by atoms with Crippen LogP contribution in [0.25, 0.3) is 0 Å². The minimum absolute atomic E-state index is 0.0654. The predicted molar refractivity (Wildman–Crippen MR) is 87.9 cm³/mol. The molecule has 0 N–H and O–H groups in total. The molecular formula is C19H24N2O2. The summed E-state index contributed by atoms with van der Waals surface area (Å²) in [6, 6.07) is 10.8. The van der Waals surface area contributed by atoms with Crippen molar-refractivity contribution in [1.82, 2.24) is 4.90 Å². The molecule has 1 aromatic carbocycles. The molecule has 0 bridgehead atoms. The second-order valence-corrected chi connectivity index (χ2v) is 7.82. The quantitative estimate of drug-likeness (QED) is 0.787. The minimum Gasteiger partial charge on any atom is -0.444 e. The zero-order valence-electron chi connectivity index (χ0n) is 14.3. The normalized spacial score (nSPS) is 25.3. The fraction of sp³-hybridized carbons (Fsp3) is 0.579. The molecule has 0 radical (unpaired) electrons. The smallest absolute Gasteiger partial charge is 0.410 e. The van der Waals surface area contributed by atoms with Crippen LogP contribution in [0.2, 0.25) is 0 Å². The van der Waals surface area contributed by atoms with E-state index in [1.54, 1.807) is 0 Å². The van der Waals surface area contributed by atoms with Crippen LogP contribution in [0.5, 0.6) is 0 Å². The highest BCUT2D eigenvalue weighted by molar-refractivity contribution is 5.71. The number of rotatable bonds is 1. The Kier molecular flexibility index (Phi) is 3.63. The van der Waals surface area contributed by atoms with E-state index in [4.69, 9.17) is 4.74 Å². The van der Waals surface area contributed by atoms with Crippen molar-refractivity contribution in [3.8, 4) is 6.07 Å². The first-order valence-electron chi connectivity index (χ1n) is 8.24. The summed E-state index contributed by atoms with van der Waals surface area (Å²) >= 11 is 0. The van der Waals surface area contributed by atoms with Crippen LogP contribution >= 0.6 is 0 Å². The highest BCUT2D eigenvalue weighted by atomic mass is 16.6. The van der Waals surface area contributed by atoms with E-state index in [0.29, 0.717) is 6.54 Å². The average molecular weight is 312 g/mol. The van der Waals surface area contributed by atoms with Gasteiger partial charge in [-0.05, 0) is 46.1 Å². The molecule has 1 amide bonds. The first-order valence-corrected chi connectivity index (χ1v) is 8.24. The van der Waals surface area contributed by atoms with Gasteiger partial charge in [0.25, 0.3) is 0 Å². The van der Waals surface area contributed by atoms with Gasteiger partial charge in [-0.3, -0.25) is 0 Å². The number of carbonyl (C=O) groups is 1. The lowest BCUT2D eigenvalue weighted by Crippen LogP contribution is -2.42. The van der Waals surface area contributed by atoms with Crippen LogP contribution in [0.4, 0.5) is 4.79 Å². The second kappa shape index (κ2) is 5.26. The van der Waals surface area contributed by atoms with Gasteiger partial charge in [-0.25, -0.2) is 4.79 Å². The van der Waals surface area contributed by atoms with Crippen LogP contribution in [0.1, 0.15) is 50.7 Å². The Balaban J connectivity index is 1.88. The lowest BCUT2D eigenvalue weighted by Gasteiger charge is -2.29.